The molecule has 2 aromatic rings. The molecule has 1 aliphatic heterocycles. The summed E-state index contributed by atoms with van der Waals surface area (Å²) in [7, 11) is 0. The first-order valence-electron chi connectivity index (χ1n) is 7.65. The summed E-state index contributed by atoms with van der Waals surface area (Å²) in [5.41, 5.74) is -0.102. The van der Waals surface area contributed by atoms with Crippen LogP contribution in [0.5, 0.6) is 11.5 Å². The number of Topliss-reactive ketones (excluding diaryl/α,β-unsaturated/α-hetero) is 1. The average molecular weight is 373 g/mol. The Bertz CT molecular complexity index is 955. The van der Waals surface area contributed by atoms with Crippen molar-refractivity contribution in [3.05, 3.63) is 69.5 Å². The molecule has 2 aromatic carbocycles. The van der Waals surface area contributed by atoms with Crippen molar-refractivity contribution in [2.75, 3.05) is 13.4 Å². The number of ketones is 1. The van der Waals surface area contributed by atoms with E-state index in [0.29, 0.717) is 5.75 Å². The summed E-state index contributed by atoms with van der Waals surface area (Å²) >= 11 is 0. The van der Waals surface area contributed by atoms with E-state index in [-0.39, 0.29) is 29.4 Å². The van der Waals surface area contributed by atoms with Gasteiger partial charge in [-0.05, 0) is 24.3 Å². The van der Waals surface area contributed by atoms with Crippen molar-refractivity contribution in [3.8, 4) is 11.5 Å². The normalized spacial score (nSPS) is 12.2. The van der Waals surface area contributed by atoms with Gasteiger partial charge in [-0.25, -0.2) is 9.18 Å². The highest BCUT2D eigenvalue weighted by Gasteiger charge is 2.22. The molecule has 9 heteroatoms. The second kappa shape index (κ2) is 7.65. The van der Waals surface area contributed by atoms with Gasteiger partial charge in [-0.2, -0.15) is 0 Å². The molecule has 0 amide bonds. The average Bonchev–Trinajstić information content (AvgIpc) is 3.10. The third-order valence-electron chi connectivity index (χ3n) is 3.61. The maximum absolute atomic E-state index is 13.1. The topological polar surface area (TPSA) is 105 Å². The van der Waals surface area contributed by atoms with Gasteiger partial charge in [-0.3, -0.25) is 14.9 Å². The minimum atomic E-state index is -0.883. The van der Waals surface area contributed by atoms with Gasteiger partial charge in [0, 0.05) is 11.6 Å². The standard InChI is InChI=1S/C18H12FNO7/c19-13-3-1-2-12(6-13)15(21)9-25-18(22)5-4-11-7-16-17(27-10-26-16)8-14(11)20(23)24/h1-8H,9-10H2/b5-4+. The Labute approximate surface area is 151 Å². The van der Waals surface area contributed by atoms with Gasteiger partial charge in [0.05, 0.1) is 16.6 Å². The molecule has 1 heterocycles. The molecule has 0 atom stereocenters. The van der Waals surface area contributed by atoms with E-state index in [1.165, 1.54) is 36.4 Å². The Kier molecular flexibility index (Phi) is 5.11. The van der Waals surface area contributed by atoms with Gasteiger partial charge in [0.15, 0.2) is 23.9 Å². The van der Waals surface area contributed by atoms with Crippen LogP contribution in [0.1, 0.15) is 15.9 Å². The highest BCUT2D eigenvalue weighted by atomic mass is 19.1. The Morgan fingerprint density at radius 3 is 2.67 bits per heavy atom. The zero-order chi connectivity index (χ0) is 19.4. The largest absolute Gasteiger partial charge is 0.454 e. The number of nitro groups is 1. The van der Waals surface area contributed by atoms with E-state index < -0.39 is 29.1 Å². The number of hydrogen-bond donors (Lipinski definition) is 0. The SMILES string of the molecule is O=C(/C=C/c1cc2c(cc1[N+](=O)[O-])OCO2)OCC(=O)c1cccc(F)c1. The molecule has 0 radical (unpaired) electrons. The first-order valence-corrected chi connectivity index (χ1v) is 7.65. The number of nitrogens with zero attached hydrogens (tertiary/aromatic N) is 1. The first kappa shape index (κ1) is 18.1. The lowest BCUT2D eigenvalue weighted by Crippen LogP contribution is -2.12. The van der Waals surface area contributed by atoms with Crippen molar-refractivity contribution < 1.29 is 33.1 Å². The number of carbonyl (C=O) groups excluding carboxylic acids is 2. The monoisotopic (exact) mass is 373 g/mol. The van der Waals surface area contributed by atoms with Gasteiger partial charge in [-0.1, -0.05) is 12.1 Å². The predicted molar refractivity (Wildman–Crippen MR) is 89.9 cm³/mol. The van der Waals surface area contributed by atoms with Crippen LogP contribution in [-0.2, 0) is 9.53 Å². The maximum atomic E-state index is 13.1. The van der Waals surface area contributed by atoms with E-state index >= 15 is 0 Å². The minimum Gasteiger partial charge on any atom is -0.454 e. The molecule has 1 aliphatic rings. The number of fused-ring (bicyclic) bond motifs is 1. The lowest BCUT2D eigenvalue weighted by atomic mass is 10.1. The number of nitro benzene ring substituents is 1. The molecule has 0 aromatic heterocycles. The van der Waals surface area contributed by atoms with E-state index in [0.717, 1.165) is 12.1 Å². The summed E-state index contributed by atoms with van der Waals surface area (Å²) in [6.45, 7) is -0.639. The summed E-state index contributed by atoms with van der Waals surface area (Å²) in [4.78, 5) is 34.2. The van der Waals surface area contributed by atoms with Gasteiger partial charge < -0.3 is 14.2 Å². The van der Waals surface area contributed by atoms with Crippen molar-refractivity contribution in [1.82, 2.24) is 0 Å². The van der Waals surface area contributed by atoms with E-state index in [9.17, 15) is 24.1 Å². The zero-order valence-electron chi connectivity index (χ0n) is 13.7. The van der Waals surface area contributed by atoms with E-state index in [4.69, 9.17) is 14.2 Å². The molecule has 0 saturated carbocycles. The van der Waals surface area contributed by atoms with Crippen LogP contribution in [0.2, 0.25) is 0 Å². The van der Waals surface area contributed by atoms with Crippen molar-refractivity contribution >= 4 is 23.5 Å². The third-order valence-corrected chi connectivity index (χ3v) is 3.61. The molecule has 8 nitrogen and oxygen atoms in total. The molecule has 0 spiro atoms. The van der Waals surface area contributed by atoms with Crippen LogP contribution in [0.3, 0.4) is 0 Å². The van der Waals surface area contributed by atoms with Crippen molar-refractivity contribution in [1.29, 1.82) is 0 Å². The molecular formula is C18H12FNO7. The van der Waals surface area contributed by atoms with Crippen molar-refractivity contribution in [3.63, 3.8) is 0 Å². The molecule has 3 rings (SSSR count). The highest BCUT2D eigenvalue weighted by Crippen LogP contribution is 2.38. The van der Waals surface area contributed by atoms with E-state index in [1.54, 1.807) is 0 Å². The Balaban J connectivity index is 1.66. The number of ether oxygens (including phenoxy) is 3. The maximum Gasteiger partial charge on any atom is 0.331 e. The fourth-order valence-corrected chi connectivity index (χ4v) is 2.33. The molecule has 0 aliphatic carbocycles. The predicted octanol–water partition coefficient (Wildman–Crippen LogP) is 2.90. The lowest BCUT2D eigenvalue weighted by Gasteiger charge is -2.03. The quantitative estimate of drug-likeness (QED) is 0.252. The molecule has 0 fully saturated rings. The second-order valence-corrected chi connectivity index (χ2v) is 5.40. The fourth-order valence-electron chi connectivity index (χ4n) is 2.33. The fraction of sp³-hybridized carbons (Fsp3) is 0.111. The summed E-state index contributed by atoms with van der Waals surface area (Å²) < 4.78 is 28.1. The first-order chi connectivity index (χ1) is 12.9. The van der Waals surface area contributed by atoms with Crippen LogP contribution in [0.25, 0.3) is 6.08 Å². The Morgan fingerprint density at radius 2 is 1.96 bits per heavy atom. The number of rotatable bonds is 6. The highest BCUT2D eigenvalue weighted by molar-refractivity contribution is 5.99. The number of halogens is 1. The molecule has 138 valence electrons. The van der Waals surface area contributed by atoms with Gasteiger partial charge >= 0.3 is 5.97 Å². The molecule has 0 unspecified atom stereocenters. The van der Waals surface area contributed by atoms with Crippen LogP contribution >= 0.6 is 0 Å². The van der Waals surface area contributed by atoms with Crippen molar-refractivity contribution in [2.24, 2.45) is 0 Å². The summed E-state index contributed by atoms with van der Waals surface area (Å²) in [5.74, 6) is -1.49. The minimum absolute atomic E-state index is 0.0517. The van der Waals surface area contributed by atoms with Crippen molar-refractivity contribution in [2.45, 2.75) is 0 Å². The van der Waals surface area contributed by atoms with Gasteiger partial charge in [-0.15, -0.1) is 0 Å². The Hall–Kier alpha value is -3.75. The number of carbonyl (C=O) groups is 2. The van der Waals surface area contributed by atoms with Gasteiger partial charge in [0.25, 0.3) is 5.69 Å². The van der Waals surface area contributed by atoms with E-state index in [1.807, 2.05) is 0 Å². The lowest BCUT2D eigenvalue weighted by molar-refractivity contribution is -0.385. The Morgan fingerprint density at radius 1 is 1.22 bits per heavy atom. The molecule has 0 bridgehead atoms. The molecule has 0 saturated heterocycles. The second-order valence-electron chi connectivity index (χ2n) is 5.40. The summed E-state index contributed by atoms with van der Waals surface area (Å²) in [6, 6.07) is 7.53. The van der Waals surface area contributed by atoms with Gasteiger partial charge in [0.2, 0.25) is 6.79 Å². The van der Waals surface area contributed by atoms with Crippen LogP contribution < -0.4 is 9.47 Å². The van der Waals surface area contributed by atoms with E-state index in [2.05, 4.69) is 0 Å². The van der Waals surface area contributed by atoms with Crippen LogP contribution in [0.15, 0.2) is 42.5 Å². The number of benzene rings is 2. The third kappa shape index (κ3) is 4.27. The van der Waals surface area contributed by atoms with Crippen LogP contribution in [0, 0.1) is 15.9 Å². The molecule has 0 N–H and O–H groups in total. The zero-order valence-corrected chi connectivity index (χ0v) is 13.7. The smallest absolute Gasteiger partial charge is 0.331 e. The number of esters is 1. The molecule has 27 heavy (non-hydrogen) atoms. The molecular weight excluding hydrogens is 361 g/mol. The van der Waals surface area contributed by atoms with Crippen LogP contribution in [-0.4, -0.2) is 30.1 Å². The van der Waals surface area contributed by atoms with Crippen LogP contribution in [0.4, 0.5) is 10.1 Å². The van der Waals surface area contributed by atoms with Gasteiger partial charge in [0.1, 0.15) is 5.82 Å². The summed E-state index contributed by atoms with van der Waals surface area (Å²) in [5, 5.41) is 11.1. The summed E-state index contributed by atoms with van der Waals surface area (Å²) in [6.07, 6.45) is 2.12. The number of hydrogen-bond acceptors (Lipinski definition) is 7.